The highest BCUT2D eigenvalue weighted by molar-refractivity contribution is 6.36. The third-order valence-electron chi connectivity index (χ3n) is 7.12. The van der Waals surface area contributed by atoms with Crippen molar-refractivity contribution in [2.24, 2.45) is 0 Å². The Hall–Kier alpha value is -3.77. The molecule has 1 amide bonds. The van der Waals surface area contributed by atoms with Gasteiger partial charge in [-0.2, -0.15) is 15.2 Å². The maximum absolute atomic E-state index is 12.9. The van der Waals surface area contributed by atoms with Crippen molar-refractivity contribution in [1.82, 2.24) is 14.9 Å². The van der Waals surface area contributed by atoms with Crippen molar-refractivity contribution in [1.29, 1.82) is 5.26 Å². The smallest absolute Gasteiger partial charge is 0.410 e. The molecule has 1 atom stereocenters. The van der Waals surface area contributed by atoms with Crippen LogP contribution >= 0.6 is 11.6 Å². The van der Waals surface area contributed by atoms with Crippen LogP contribution in [0, 0.1) is 11.3 Å². The average Bonchev–Trinajstić information content (AvgIpc) is 2.91. The monoisotopic (exact) mass is 548 g/mol. The van der Waals surface area contributed by atoms with Crippen LogP contribution in [0.5, 0.6) is 6.01 Å². The fourth-order valence-corrected chi connectivity index (χ4v) is 5.65. The second-order valence-electron chi connectivity index (χ2n) is 10.9. The van der Waals surface area contributed by atoms with Crippen LogP contribution in [0.25, 0.3) is 10.8 Å². The first-order valence-corrected chi connectivity index (χ1v) is 13.5. The molecule has 0 saturated carbocycles. The first kappa shape index (κ1) is 26.8. The van der Waals surface area contributed by atoms with Gasteiger partial charge in [-0.05, 0) is 44.7 Å². The molecule has 204 valence electrons. The number of methoxy groups -OCH3 is 1. The van der Waals surface area contributed by atoms with E-state index in [0.717, 1.165) is 51.5 Å². The molecule has 2 aromatic carbocycles. The van der Waals surface area contributed by atoms with Crippen molar-refractivity contribution in [3.8, 4) is 12.1 Å². The number of amides is 1. The topological polar surface area (TPSA) is 94.8 Å². The van der Waals surface area contributed by atoms with Gasteiger partial charge in [-0.1, -0.05) is 35.9 Å². The van der Waals surface area contributed by atoms with E-state index in [1.54, 1.807) is 12.0 Å². The first-order valence-electron chi connectivity index (χ1n) is 13.2. The minimum atomic E-state index is -0.606. The van der Waals surface area contributed by atoms with Gasteiger partial charge in [-0.25, -0.2) is 4.79 Å². The lowest BCUT2D eigenvalue weighted by atomic mass is 10.0. The van der Waals surface area contributed by atoms with Crippen LogP contribution in [0.1, 0.15) is 38.4 Å². The predicted molar refractivity (Wildman–Crippen MR) is 151 cm³/mol. The first-order chi connectivity index (χ1) is 18.7. The van der Waals surface area contributed by atoms with E-state index in [1.165, 1.54) is 0 Å². The van der Waals surface area contributed by atoms with Gasteiger partial charge in [0.25, 0.3) is 0 Å². The molecule has 39 heavy (non-hydrogen) atoms. The van der Waals surface area contributed by atoms with Crippen LogP contribution in [0.4, 0.5) is 16.3 Å². The molecule has 10 heteroatoms. The summed E-state index contributed by atoms with van der Waals surface area (Å²) < 4.78 is 11.1. The predicted octanol–water partition coefficient (Wildman–Crippen LogP) is 5.19. The molecule has 1 fully saturated rings. The van der Waals surface area contributed by atoms with E-state index in [4.69, 9.17) is 31.0 Å². The normalized spacial score (nSPS) is 17.5. The molecule has 1 saturated heterocycles. The zero-order valence-corrected chi connectivity index (χ0v) is 23.5. The molecular formula is C29H33ClN6O3. The number of rotatable bonds is 4. The highest BCUT2D eigenvalue weighted by atomic mass is 35.5. The third-order valence-corrected chi connectivity index (χ3v) is 7.43. The van der Waals surface area contributed by atoms with Crippen LogP contribution < -0.4 is 14.5 Å². The Labute approximate surface area is 233 Å². The van der Waals surface area contributed by atoms with E-state index >= 15 is 0 Å². The van der Waals surface area contributed by atoms with Crippen LogP contribution in [0.2, 0.25) is 5.02 Å². The lowest BCUT2D eigenvalue weighted by molar-refractivity contribution is 0.0144. The molecule has 1 unspecified atom stereocenters. The quantitative estimate of drug-likeness (QED) is 0.439. The number of carbonyl (C=O) groups is 1. The number of nitrogens with zero attached hydrogens (tertiary/aromatic N) is 6. The van der Waals surface area contributed by atoms with Crippen LogP contribution in [-0.2, 0) is 17.7 Å². The summed E-state index contributed by atoms with van der Waals surface area (Å²) in [5.74, 6) is 0.805. The second kappa shape index (κ2) is 10.8. The standard InChI is InChI=1S/C29H33ClN6O3/c1-29(2,3)39-28(37)36-16-15-35(17-20(36)11-13-31)26-21-12-14-34(18-23(21)32-27(33-26)38-4)24-10-6-8-19-7-5-9-22(30)25(19)24/h5-10,20H,11-12,14-18H2,1-4H3. The molecule has 0 spiro atoms. The van der Waals surface area contributed by atoms with Gasteiger partial charge in [0.2, 0.25) is 0 Å². The molecule has 0 radical (unpaired) electrons. The summed E-state index contributed by atoms with van der Waals surface area (Å²) in [7, 11) is 1.56. The molecule has 1 aromatic heterocycles. The number of ether oxygens (including phenoxy) is 2. The van der Waals surface area contributed by atoms with Gasteiger partial charge in [-0.15, -0.1) is 0 Å². The fourth-order valence-electron chi connectivity index (χ4n) is 5.38. The largest absolute Gasteiger partial charge is 0.467 e. The number of hydrogen-bond acceptors (Lipinski definition) is 8. The SMILES string of the molecule is COc1nc2c(c(N3CCN(C(=O)OC(C)(C)C)C(CC#N)C3)n1)CCN(c1cccc3cccc(Cl)c13)C2. The van der Waals surface area contributed by atoms with Gasteiger partial charge in [0.15, 0.2) is 0 Å². The zero-order valence-electron chi connectivity index (χ0n) is 22.8. The number of carbonyl (C=O) groups excluding carboxylic acids is 1. The van der Waals surface area contributed by atoms with E-state index in [1.807, 2.05) is 32.9 Å². The summed E-state index contributed by atoms with van der Waals surface area (Å²) in [6, 6.07) is 14.4. The summed E-state index contributed by atoms with van der Waals surface area (Å²) in [4.78, 5) is 28.5. The van der Waals surface area contributed by atoms with E-state index in [9.17, 15) is 10.1 Å². The number of anilines is 2. The lowest BCUT2D eigenvalue weighted by Crippen LogP contribution is -2.56. The van der Waals surface area contributed by atoms with Gasteiger partial charge in [0.05, 0.1) is 42.9 Å². The van der Waals surface area contributed by atoms with Crippen LogP contribution in [0.3, 0.4) is 0 Å². The number of nitriles is 1. The summed E-state index contributed by atoms with van der Waals surface area (Å²) in [6.07, 6.45) is 0.551. The second-order valence-corrected chi connectivity index (χ2v) is 11.3. The lowest BCUT2D eigenvalue weighted by Gasteiger charge is -2.42. The van der Waals surface area contributed by atoms with Crippen LogP contribution in [-0.4, -0.2) is 65.9 Å². The Kier molecular flexibility index (Phi) is 7.41. The molecule has 0 aliphatic carbocycles. The number of hydrogen-bond donors (Lipinski definition) is 0. The molecule has 0 bridgehead atoms. The molecule has 9 nitrogen and oxygen atoms in total. The highest BCUT2D eigenvalue weighted by Crippen LogP contribution is 2.37. The number of halogens is 1. The van der Waals surface area contributed by atoms with Crippen molar-refractivity contribution >= 4 is 40.0 Å². The summed E-state index contributed by atoms with van der Waals surface area (Å²) in [5.41, 5.74) is 2.44. The number of fused-ring (bicyclic) bond motifs is 2. The Balaban J connectivity index is 1.44. The van der Waals surface area contributed by atoms with Gasteiger partial charge in [0.1, 0.15) is 11.4 Å². The van der Waals surface area contributed by atoms with E-state index in [2.05, 4.69) is 40.1 Å². The Morgan fingerprint density at radius 2 is 1.90 bits per heavy atom. The Bertz CT molecular complexity index is 1430. The van der Waals surface area contributed by atoms with Gasteiger partial charge >= 0.3 is 12.1 Å². The fraction of sp³-hybridized carbons (Fsp3) is 0.448. The van der Waals surface area contributed by atoms with Crippen molar-refractivity contribution in [3.05, 3.63) is 52.7 Å². The van der Waals surface area contributed by atoms with Crippen molar-refractivity contribution in [2.75, 3.05) is 43.1 Å². The van der Waals surface area contributed by atoms with E-state index in [0.29, 0.717) is 32.2 Å². The zero-order chi connectivity index (χ0) is 27.7. The van der Waals surface area contributed by atoms with Crippen LogP contribution in [0.15, 0.2) is 36.4 Å². The number of benzene rings is 2. The Morgan fingerprint density at radius 1 is 1.13 bits per heavy atom. The maximum atomic E-state index is 12.9. The van der Waals surface area contributed by atoms with Crippen molar-refractivity contribution < 1.29 is 14.3 Å². The molecule has 2 aliphatic heterocycles. The minimum Gasteiger partial charge on any atom is -0.467 e. The van der Waals surface area contributed by atoms with Crippen molar-refractivity contribution in [3.63, 3.8) is 0 Å². The molecule has 5 rings (SSSR count). The van der Waals surface area contributed by atoms with Crippen molar-refractivity contribution in [2.45, 2.75) is 51.8 Å². The summed E-state index contributed by atoms with van der Waals surface area (Å²) >= 11 is 6.63. The summed E-state index contributed by atoms with van der Waals surface area (Å²) in [5, 5.41) is 12.4. The van der Waals surface area contributed by atoms with Gasteiger partial charge in [-0.3, -0.25) is 0 Å². The maximum Gasteiger partial charge on any atom is 0.410 e. The molecule has 2 aliphatic rings. The summed E-state index contributed by atoms with van der Waals surface area (Å²) in [6.45, 7) is 8.37. The van der Waals surface area contributed by atoms with E-state index < -0.39 is 11.7 Å². The molecule has 3 heterocycles. The van der Waals surface area contributed by atoms with Gasteiger partial charge in [0, 0.05) is 42.8 Å². The minimum absolute atomic E-state index is 0.204. The number of aromatic nitrogens is 2. The average molecular weight is 549 g/mol. The van der Waals surface area contributed by atoms with E-state index in [-0.39, 0.29) is 12.5 Å². The molecule has 0 N–H and O–H groups in total. The molecular weight excluding hydrogens is 516 g/mol. The highest BCUT2D eigenvalue weighted by Gasteiger charge is 2.36. The molecule has 3 aromatic rings. The number of piperazine rings is 1. The van der Waals surface area contributed by atoms with Gasteiger partial charge < -0.3 is 24.2 Å². The Morgan fingerprint density at radius 3 is 2.62 bits per heavy atom. The third kappa shape index (κ3) is 5.52.